The van der Waals surface area contributed by atoms with E-state index in [-0.39, 0.29) is 0 Å². The molecule has 0 fully saturated rings. The number of benzene rings is 2. The van der Waals surface area contributed by atoms with Gasteiger partial charge < -0.3 is 4.90 Å². The normalized spacial score (nSPS) is 22.3. The van der Waals surface area contributed by atoms with Crippen molar-refractivity contribution in [2.75, 3.05) is 14.1 Å². The molecule has 0 N–H and O–H groups in total. The average molecular weight is 251 g/mol. The molecule has 0 spiro atoms. The zero-order valence-electron chi connectivity index (χ0n) is 11.7. The summed E-state index contributed by atoms with van der Waals surface area (Å²) >= 11 is 0. The van der Waals surface area contributed by atoms with Crippen LogP contribution in [0.4, 0.5) is 0 Å². The highest BCUT2D eigenvalue weighted by Gasteiger charge is 2.28. The Hall–Kier alpha value is -1.60. The molecule has 2 aromatic rings. The molecule has 0 saturated heterocycles. The SMILES string of the molecule is CN(C)C1Cc2ccccc2[C@@H](c2ccccc2)C1. The number of hydrogen-bond acceptors (Lipinski definition) is 1. The summed E-state index contributed by atoms with van der Waals surface area (Å²) in [5, 5.41) is 0. The number of hydrogen-bond donors (Lipinski definition) is 0. The highest BCUT2D eigenvalue weighted by Crippen LogP contribution is 2.37. The molecule has 1 heteroatoms. The zero-order chi connectivity index (χ0) is 13.2. The summed E-state index contributed by atoms with van der Waals surface area (Å²) < 4.78 is 0. The molecule has 1 nitrogen and oxygen atoms in total. The zero-order valence-corrected chi connectivity index (χ0v) is 11.7. The molecule has 1 aliphatic rings. The number of nitrogens with zero attached hydrogens (tertiary/aromatic N) is 1. The fourth-order valence-corrected chi connectivity index (χ4v) is 3.19. The van der Waals surface area contributed by atoms with Crippen molar-refractivity contribution in [1.82, 2.24) is 4.90 Å². The van der Waals surface area contributed by atoms with Gasteiger partial charge >= 0.3 is 0 Å². The van der Waals surface area contributed by atoms with Gasteiger partial charge in [-0.3, -0.25) is 0 Å². The molecule has 0 aliphatic heterocycles. The van der Waals surface area contributed by atoms with Crippen LogP contribution in [0.1, 0.15) is 29.0 Å². The molecular formula is C18H21N. The molecule has 98 valence electrons. The largest absolute Gasteiger partial charge is 0.306 e. The Balaban J connectivity index is 2.03. The van der Waals surface area contributed by atoms with Crippen LogP contribution in [0, 0.1) is 0 Å². The van der Waals surface area contributed by atoms with Crippen molar-refractivity contribution in [2.45, 2.75) is 24.8 Å². The molecule has 0 amide bonds. The number of rotatable bonds is 2. The third kappa shape index (κ3) is 2.43. The lowest BCUT2D eigenvalue weighted by atomic mass is 9.76. The van der Waals surface area contributed by atoms with Crippen molar-refractivity contribution in [3.05, 3.63) is 71.3 Å². The van der Waals surface area contributed by atoms with Crippen molar-refractivity contribution < 1.29 is 0 Å². The minimum atomic E-state index is 0.540. The van der Waals surface area contributed by atoms with Gasteiger partial charge in [-0.1, -0.05) is 54.6 Å². The van der Waals surface area contributed by atoms with Gasteiger partial charge in [0.15, 0.2) is 0 Å². The monoisotopic (exact) mass is 251 g/mol. The number of fused-ring (bicyclic) bond motifs is 1. The van der Waals surface area contributed by atoms with E-state index in [1.165, 1.54) is 29.5 Å². The van der Waals surface area contributed by atoms with E-state index in [2.05, 4.69) is 73.6 Å². The third-order valence-electron chi connectivity index (χ3n) is 4.33. The van der Waals surface area contributed by atoms with Crippen molar-refractivity contribution in [1.29, 1.82) is 0 Å². The first-order chi connectivity index (χ1) is 9.25. The average Bonchev–Trinajstić information content (AvgIpc) is 2.47. The Kier molecular flexibility index (Phi) is 3.39. The van der Waals surface area contributed by atoms with Gasteiger partial charge in [-0.2, -0.15) is 0 Å². The molecular weight excluding hydrogens is 230 g/mol. The molecule has 2 atom stereocenters. The maximum absolute atomic E-state index is 2.37. The minimum Gasteiger partial charge on any atom is -0.306 e. The fraction of sp³-hybridized carbons (Fsp3) is 0.333. The molecule has 0 saturated carbocycles. The molecule has 1 unspecified atom stereocenters. The highest BCUT2D eigenvalue weighted by molar-refractivity contribution is 5.40. The van der Waals surface area contributed by atoms with E-state index in [0.29, 0.717) is 12.0 Å². The summed E-state index contributed by atoms with van der Waals surface area (Å²) in [5.74, 6) is 0.540. The van der Waals surface area contributed by atoms with Crippen LogP contribution in [0.2, 0.25) is 0 Å². The molecule has 0 aromatic heterocycles. The van der Waals surface area contributed by atoms with E-state index in [0.717, 1.165) is 0 Å². The van der Waals surface area contributed by atoms with Gasteiger partial charge in [-0.05, 0) is 43.6 Å². The lowest BCUT2D eigenvalue weighted by Crippen LogP contribution is -2.35. The van der Waals surface area contributed by atoms with Gasteiger partial charge in [0.1, 0.15) is 0 Å². The Labute approximate surface area is 115 Å². The Morgan fingerprint density at radius 3 is 2.32 bits per heavy atom. The van der Waals surface area contributed by atoms with Gasteiger partial charge in [0, 0.05) is 12.0 Å². The summed E-state index contributed by atoms with van der Waals surface area (Å²) in [4.78, 5) is 2.37. The van der Waals surface area contributed by atoms with Crippen LogP contribution in [0.25, 0.3) is 0 Å². The maximum Gasteiger partial charge on any atom is 0.0139 e. The van der Waals surface area contributed by atoms with Crippen molar-refractivity contribution in [3.8, 4) is 0 Å². The second-order valence-electron chi connectivity index (χ2n) is 5.72. The molecule has 3 rings (SSSR count). The Bertz CT molecular complexity index is 545. The standard InChI is InChI=1S/C18H21N/c1-19(2)16-12-15-10-6-7-11-17(15)18(13-16)14-8-4-3-5-9-14/h3-11,16,18H,12-13H2,1-2H3/t16?,18-/m1/s1. The van der Waals surface area contributed by atoms with Gasteiger partial charge in [-0.25, -0.2) is 0 Å². The molecule has 19 heavy (non-hydrogen) atoms. The smallest absolute Gasteiger partial charge is 0.0139 e. The first-order valence-corrected chi connectivity index (χ1v) is 7.05. The minimum absolute atomic E-state index is 0.540. The Morgan fingerprint density at radius 2 is 1.58 bits per heavy atom. The van der Waals surface area contributed by atoms with E-state index < -0.39 is 0 Å². The third-order valence-corrected chi connectivity index (χ3v) is 4.33. The highest BCUT2D eigenvalue weighted by atomic mass is 15.1. The van der Waals surface area contributed by atoms with Gasteiger partial charge in [0.25, 0.3) is 0 Å². The summed E-state index contributed by atoms with van der Waals surface area (Å²) in [6, 6.07) is 20.5. The molecule has 2 aromatic carbocycles. The second-order valence-corrected chi connectivity index (χ2v) is 5.72. The van der Waals surface area contributed by atoms with Crippen LogP contribution in [0.5, 0.6) is 0 Å². The first-order valence-electron chi connectivity index (χ1n) is 7.05. The van der Waals surface area contributed by atoms with E-state index in [9.17, 15) is 0 Å². The second kappa shape index (κ2) is 5.18. The van der Waals surface area contributed by atoms with Crippen molar-refractivity contribution in [3.63, 3.8) is 0 Å². The van der Waals surface area contributed by atoms with Crippen LogP contribution in [0.3, 0.4) is 0 Å². The predicted octanol–water partition coefficient (Wildman–Crippen LogP) is 3.69. The van der Waals surface area contributed by atoms with Gasteiger partial charge in [-0.15, -0.1) is 0 Å². The van der Waals surface area contributed by atoms with Crippen molar-refractivity contribution >= 4 is 0 Å². The number of likely N-dealkylation sites (N-methyl/N-ethyl adjacent to an activating group) is 1. The predicted molar refractivity (Wildman–Crippen MR) is 80.5 cm³/mol. The maximum atomic E-state index is 2.37. The lowest BCUT2D eigenvalue weighted by molar-refractivity contribution is 0.258. The van der Waals surface area contributed by atoms with Crippen LogP contribution in [0.15, 0.2) is 54.6 Å². The van der Waals surface area contributed by atoms with Crippen LogP contribution in [-0.4, -0.2) is 25.0 Å². The summed E-state index contributed by atoms with van der Waals surface area (Å²) in [6.07, 6.45) is 2.39. The first kappa shape index (κ1) is 12.4. The van der Waals surface area contributed by atoms with Crippen LogP contribution in [-0.2, 0) is 6.42 Å². The molecule has 0 bridgehead atoms. The van der Waals surface area contributed by atoms with Crippen molar-refractivity contribution in [2.24, 2.45) is 0 Å². The van der Waals surface area contributed by atoms with E-state index in [1.54, 1.807) is 0 Å². The van der Waals surface area contributed by atoms with Gasteiger partial charge in [0.2, 0.25) is 0 Å². The van der Waals surface area contributed by atoms with E-state index in [4.69, 9.17) is 0 Å². The van der Waals surface area contributed by atoms with Crippen LogP contribution >= 0.6 is 0 Å². The molecule has 0 radical (unpaired) electrons. The Morgan fingerprint density at radius 1 is 0.895 bits per heavy atom. The topological polar surface area (TPSA) is 3.24 Å². The van der Waals surface area contributed by atoms with E-state index >= 15 is 0 Å². The molecule has 1 aliphatic carbocycles. The quantitative estimate of drug-likeness (QED) is 0.786. The van der Waals surface area contributed by atoms with Crippen LogP contribution < -0.4 is 0 Å². The van der Waals surface area contributed by atoms with Gasteiger partial charge in [0.05, 0.1) is 0 Å². The summed E-state index contributed by atoms with van der Waals surface area (Å²) in [5.41, 5.74) is 4.48. The summed E-state index contributed by atoms with van der Waals surface area (Å²) in [7, 11) is 4.39. The van der Waals surface area contributed by atoms with E-state index in [1.807, 2.05) is 0 Å². The molecule has 0 heterocycles. The fourth-order valence-electron chi connectivity index (χ4n) is 3.19. The lowest BCUT2D eigenvalue weighted by Gasteiger charge is -2.35. The summed E-state index contributed by atoms with van der Waals surface area (Å²) in [6.45, 7) is 0.